The van der Waals surface area contributed by atoms with Gasteiger partial charge < -0.3 is 15.0 Å². The van der Waals surface area contributed by atoms with Crippen molar-refractivity contribution in [1.29, 1.82) is 0 Å². The first-order valence-corrected chi connectivity index (χ1v) is 17.6. The maximum Gasteiger partial charge on any atom is 0.264 e. The Morgan fingerprint density at radius 2 is 1.53 bits per heavy atom. The molecule has 1 aliphatic carbocycles. The molecule has 1 atom stereocenters. The summed E-state index contributed by atoms with van der Waals surface area (Å²) in [5.41, 5.74) is 1.79. The number of methoxy groups -OCH3 is 1. The lowest BCUT2D eigenvalue weighted by Crippen LogP contribution is -2.54. The molecular weight excluding hydrogens is 657 g/mol. The number of rotatable bonds is 13. The highest BCUT2D eigenvalue weighted by Crippen LogP contribution is 2.28. The number of nitrogens with zero attached hydrogens (tertiary/aromatic N) is 2. The van der Waals surface area contributed by atoms with Crippen molar-refractivity contribution in [3.05, 3.63) is 124 Å². The molecule has 0 spiro atoms. The molecule has 246 valence electrons. The maximum absolute atomic E-state index is 14.6. The van der Waals surface area contributed by atoms with Gasteiger partial charge >= 0.3 is 0 Å². The summed E-state index contributed by atoms with van der Waals surface area (Å²) in [5, 5.41) is 3.85. The van der Waals surface area contributed by atoms with Gasteiger partial charge in [0.25, 0.3) is 10.0 Å². The first-order valence-electron chi connectivity index (χ1n) is 15.4. The molecule has 1 fully saturated rings. The number of amides is 2. The summed E-state index contributed by atoms with van der Waals surface area (Å²) in [4.78, 5) is 30.2. The van der Waals surface area contributed by atoms with Crippen LogP contribution in [0.15, 0.2) is 108 Å². The molecule has 1 saturated carbocycles. The number of carbonyl (C=O) groups excluding carboxylic acids is 2. The monoisotopic (exact) mass is 693 g/mol. The quantitative estimate of drug-likeness (QED) is 0.164. The number of carbonyl (C=O) groups is 2. The number of nitrogens with one attached hydrogen (secondary N) is 1. The highest BCUT2D eigenvalue weighted by Gasteiger charge is 2.35. The van der Waals surface area contributed by atoms with Crippen molar-refractivity contribution in [3.8, 4) is 5.75 Å². The first kappa shape index (κ1) is 34.3. The standard InChI is InChI=1S/C36H37Cl2N3O5S/c1-46-32-16-7-11-27(21-32)24-40(34(22-26-9-3-2-4-10-26)36(43)39-30-13-5-6-14-30)35(42)25-41(31-15-8-12-29(38)23-31)47(44,45)33-19-17-28(37)18-20-33/h2-4,7-12,15-21,23,30,34H,5-6,13-14,22,24-25H2,1H3,(H,39,43)/t34-/m1/s1. The fraction of sp³-hybridized carbons (Fsp3) is 0.278. The third-order valence-corrected chi connectivity index (χ3v) is 10.5. The van der Waals surface area contributed by atoms with Gasteiger partial charge in [0.2, 0.25) is 11.8 Å². The van der Waals surface area contributed by atoms with Crippen molar-refractivity contribution < 1.29 is 22.7 Å². The van der Waals surface area contributed by atoms with Gasteiger partial charge in [-0.05, 0) is 78.6 Å². The van der Waals surface area contributed by atoms with Gasteiger partial charge in [-0.1, -0.05) is 84.6 Å². The van der Waals surface area contributed by atoms with Gasteiger partial charge in [-0.25, -0.2) is 8.42 Å². The molecule has 11 heteroatoms. The minimum Gasteiger partial charge on any atom is -0.497 e. The van der Waals surface area contributed by atoms with E-state index in [1.54, 1.807) is 37.4 Å². The molecular formula is C36H37Cl2N3O5S. The fourth-order valence-electron chi connectivity index (χ4n) is 5.78. The van der Waals surface area contributed by atoms with Crippen LogP contribution in [0.2, 0.25) is 10.0 Å². The SMILES string of the molecule is COc1cccc(CN(C(=O)CN(c2cccc(Cl)c2)S(=O)(=O)c2ccc(Cl)cc2)[C@H](Cc2ccccc2)C(=O)NC2CCCC2)c1. The summed E-state index contributed by atoms with van der Waals surface area (Å²) in [6.07, 6.45) is 4.02. The summed E-state index contributed by atoms with van der Waals surface area (Å²) in [6.45, 7) is -0.548. The highest BCUT2D eigenvalue weighted by atomic mass is 35.5. The molecule has 5 rings (SSSR count). The van der Waals surface area contributed by atoms with E-state index in [1.165, 1.54) is 35.2 Å². The van der Waals surface area contributed by atoms with Crippen LogP contribution in [0.5, 0.6) is 5.75 Å². The van der Waals surface area contributed by atoms with Crippen molar-refractivity contribution in [3.63, 3.8) is 0 Å². The van der Waals surface area contributed by atoms with Crippen molar-refractivity contribution in [2.75, 3.05) is 18.0 Å². The molecule has 4 aromatic carbocycles. The Labute approximate surface area is 286 Å². The number of benzene rings is 4. The van der Waals surface area contributed by atoms with Crippen LogP contribution < -0.4 is 14.4 Å². The molecule has 0 radical (unpaired) electrons. The van der Waals surface area contributed by atoms with E-state index in [2.05, 4.69) is 5.32 Å². The average molecular weight is 695 g/mol. The minimum absolute atomic E-state index is 0.0165. The highest BCUT2D eigenvalue weighted by molar-refractivity contribution is 7.92. The Morgan fingerprint density at radius 1 is 0.851 bits per heavy atom. The van der Waals surface area contributed by atoms with Gasteiger partial charge in [-0.3, -0.25) is 13.9 Å². The third-order valence-electron chi connectivity index (χ3n) is 8.24. The summed E-state index contributed by atoms with van der Waals surface area (Å²) >= 11 is 12.4. The van der Waals surface area contributed by atoms with Gasteiger partial charge in [0.15, 0.2) is 0 Å². The van der Waals surface area contributed by atoms with Gasteiger partial charge in [-0.2, -0.15) is 0 Å². The Hall–Kier alpha value is -4.05. The summed E-state index contributed by atoms with van der Waals surface area (Å²) in [5.74, 6) is -0.254. The molecule has 1 aliphatic rings. The van der Waals surface area contributed by atoms with Crippen LogP contribution in [-0.4, -0.2) is 50.9 Å². The normalized spacial score (nSPS) is 13.9. The molecule has 8 nitrogen and oxygen atoms in total. The number of sulfonamides is 1. The van der Waals surface area contributed by atoms with Gasteiger partial charge in [0.1, 0.15) is 18.3 Å². The predicted molar refractivity (Wildman–Crippen MR) is 185 cm³/mol. The summed E-state index contributed by atoms with van der Waals surface area (Å²) in [7, 11) is -2.72. The zero-order valence-electron chi connectivity index (χ0n) is 26.0. The molecule has 2 amide bonds. The van der Waals surface area contributed by atoms with E-state index in [1.807, 2.05) is 42.5 Å². The zero-order chi connectivity index (χ0) is 33.4. The number of ether oxygens (including phenoxy) is 1. The predicted octanol–water partition coefficient (Wildman–Crippen LogP) is 6.90. The smallest absolute Gasteiger partial charge is 0.264 e. The largest absolute Gasteiger partial charge is 0.497 e. The van der Waals surface area contributed by atoms with Crippen LogP contribution in [0.4, 0.5) is 5.69 Å². The molecule has 0 aromatic heterocycles. The van der Waals surface area contributed by atoms with Crippen LogP contribution in [0.25, 0.3) is 0 Å². The second-order valence-corrected chi connectivity index (χ2v) is 14.2. The second kappa shape index (κ2) is 15.7. The van der Waals surface area contributed by atoms with Gasteiger partial charge in [-0.15, -0.1) is 0 Å². The Balaban J connectivity index is 1.57. The van der Waals surface area contributed by atoms with Crippen LogP contribution in [0.3, 0.4) is 0 Å². The van der Waals surface area contributed by atoms with Crippen LogP contribution in [-0.2, 0) is 32.6 Å². The van der Waals surface area contributed by atoms with Gasteiger partial charge in [0, 0.05) is 29.1 Å². The molecule has 0 heterocycles. The minimum atomic E-state index is -4.28. The lowest BCUT2D eigenvalue weighted by Gasteiger charge is -2.34. The van der Waals surface area contributed by atoms with E-state index < -0.39 is 28.5 Å². The van der Waals surface area contributed by atoms with E-state index in [4.69, 9.17) is 27.9 Å². The van der Waals surface area contributed by atoms with Crippen molar-refractivity contribution in [2.24, 2.45) is 0 Å². The zero-order valence-corrected chi connectivity index (χ0v) is 28.3. The van der Waals surface area contributed by atoms with Crippen LogP contribution in [0.1, 0.15) is 36.8 Å². The average Bonchev–Trinajstić information content (AvgIpc) is 3.59. The Bertz CT molecular complexity index is 1780. The van der Waals surface area contributed by atoms with Crippen molar-refractivity contribution in [2.45, 2.75) is 55.6 Å². The molecule has 47 heavy (non-hydrogen) atoms. The van der Waals surface area contributed by atoms with Gasteiger partial charge in [0.05, 0.1) is 17.7 Å². The molecule has 1 N–H and O–H groups in total. The lowest BCUT2D eigenvalue weighted by atomic mass is 10.0. The Morgan fingerprint density at radius 3 is 2.21 bits per heavy atom. The van der Waals surface area contributed by atoms with Crippen molar-refractivity contribution >= 4 is 50.7 Å². The molecule has 0 unspecified atom stereocenters. The van der Waals surface area contributed by atoms with E-state index in [0.29, 0.717) is 15.8 Å². The topological polar surface area (TPSA) is 96.0 Å². The number of hydrogen-bond donors (Lipinski definition) is 1. The van der Waals surface area contributed by atoms with Crippen molar-refractivity contribution in [1.82, 2.24) is 10.2 Å². The lowest BCUT2D eigenvalue weighted by molar-refractivity contribution is -0.140. The Kier molecular flexibility index (Phi) is 11.4. The fourth-order valence-corrected chi connectivity index (χ4v) is 7.50. The second-order valence-electron chi connectivity index (χ2n) is 11.5. The summed E-state index contributed by atoms with van der Waals surface area (Å²) < 4.78 is 34.8. The van der Waals surface area contributed by atoms with E-state index in [0.717, 1.165) is 41.1 Å². The molecule has 0 bridgehead atoms. The number of halogens is 2. The number of hydrogen-bond acceptors (Lipinski definition) is 5. The molecule has 0 aliphatic heterocycles. The van der Waals surface area contributed by atoms with Crippen LogP contribution in [0, 0.1) is 0 Å². The first-order chi connectivity index (χ1) is 22.6. The molecule has 0 saturated heterocycles. The number of anilines is 1. The van der Waals surface area contributed by atoms with E-state index in [9.17, 15) is 18.0 Å². The molecule has 4 aromatic rings. The maximum atomic E-state index is 14.6. The summed E-state index contributed by atoms with van der Waals surface area (Å²) in [6, 6.07) is 27.9. The van der Waals surface area contributed by atoms with E-state index in [-0.39, 0.29) is 35.5 Å². The van der Waals surface area contributed by atoms with E-state index >= 15 is 0 Å². The third kappa shape index (κ3) is 8.86. The van der Waals surface area contributed by atoms with Crippen LogP contribution >= 0.6 is 23.2 Å².